The van der Waals surface area contributed by atoms with E-state index in [-0.39, 0.29) is 23.5 Å². The first-order valence-corrected chi connectivity index (χ1v) is 15.4. The van der Waals surface area contributed by atoms with Crippen molar-refractivity contribution < 1.29 is 28.5 Å². The van der Waals surface area contributed by atoms with Crippen LogP contribution in [-0.2, 0) is 9.47 Å². The van der Waals surface area contributed by atoms with Crippen molar-refractivity contribution >= 4 is 11.9 Å². The van der Waals surface area contributed by atoms with Crippen molar-refractivity contribution in [3.8, 4) is 22.6 Å². The molecule has 0 N–H and O–H groups in total. The van der Waals surface area contributed by atoms with E-state index in [4.69, 9.17) is 18.9 Å². The van der Waals surface area contributed by atoms with Crippen LogP contribution >= 0.6 is 0 Å². The fourth-order valence-corrected chi connectivity index (χ4v) is 4.85. The third-order valence-corrected chi connectivity index (χ3v) is 7.44. The lowest BCUT2D eigenvalue weighted by atomic mass is 10.0. The summed E-state index contributed by atoms with van der Waals surface area (Å²) in [6, 6.07) is 21.9. The van der Waals surface area contributed by atoms with Crippen molar-refractivity contribution in [1.82, 2.24) is 0 Å². The van der Waals surface area contributed by atoms with Crippen molar-refractivity contribution in [1.29, 1.82) is 0 Å². The van der Waals surface area contributed by atoms with Crippen LogP contribution < -0.4 is 9.47 Å². The Morgan fingerprint density at radius 1 is 0.714 bits per heavy atom. The average molecular weight is 575 g/mol. The molecule has 0 amide bonds. The molecule has 0 aliphatic heterocycles. The van der Waals surface area contributed by atoms with Gasteiger partial charge in [-0.3, -0.25) is 0 Å². The van der Waals surface area contributed by atoms with E-state index < -0.39 is 11.9 Å². The first kappa shape index (κ1) is 32.9. The summed E-state index contributed by atoms with van der Waals surface area (Å²) in [5.74, 6) is -0.279. The van der Waals surface area contributed by atoms with Crippen LogP contribution in [0.1, 0.15) is 99.3 Å². The van der Waals surface area contributed by atoms with Crippen LogP contribution in [0.3, 0.4) is 0 Å². The van der Waals surface area contributed by atoms with Crippen molar-refractivity contribution in [3.05, 3.63) is 83.9 Å². The number of carbonyl (C=O) groups is 2. The zero-order valence-corrected chi connectivity index (χ0v) is 25.6. The number of unbranched alkanes of at least 4 members (excludes halogenated alkanes) is 3. The fraction of sp³-hybridized carbons (Fsp3) is 0.444. The third kappa shape index (κ3) is 10.0. The predicted octanol–water partition coefficient (Wildman–Crippen LogP) is 9.06. The predicted molar refractivity (Wildman–Crippen MR) is 167 cm³/mol. The molecule has 0 saturated carbocycles. The average Bonchev–Trinajstić information content (AvgIpc) is 3.03. The van der Waals surface area contributed by atoms with Crippen LogP contribution in [0, 0.1) is 0 Å². The van der Waals surface area contributed by atoms with Crippen LogP contribution in [0.4, 0.5) is 0 Å². The Kier molecular flexibility index (Phi) is 14.1. The largest absolute Gasteiger partial charge is 0.493 e. The molecule has 3 aromatic rings. The Labute approximate surface area is 251 Å². The van der Waals surface area contributed by atoms with E-state index in [1.54, 1.807) is 43.5 Å². The summed E-state index contributed by atoms with van der Waals surface area (Å²) in [5.41, 5.74) is 2.45. The summed E-state index contributed by atoms with van der Waals surface area (Å²) in [5, 5.41) is 0. The minimum absolute atomic E-state index is 0.167. The van der Waals surface area contributed by atoms with E-state index >= 15 is 0 Å². The molecule has 1 unspecified atom stereocenters. The van der Waals surface area contributed by atoms with Crippen molar-refractivity contribution in [2.24, 2.45) is 0 Å². The van der Waals surface area contributed by atoms with Crippen LogP contribution in [0.5, 0.6) is 11.5 Å². The van der Waals surface area contributed by atoms with Gasteiger partial charge in [-0.05, 0) is 74.4 Å². The van der Waals surface area contributed by atoms with E-state index in [0.29, 0.717) is 17.9 Å². The second-order valence-electron chi connectivity index (χ2n) is 10.5. The fourth-order valence-electron chi connectivity index (χ4n) is 4.85. The summed E-state index contributed by atoms with van der Waals surface area (Å²) >= 11 is 0. The maximum atomic E-state index is 13.3. The summed E-state index contributed by atoms with van der Waals surface area (Å²) in [6.45, 7) is 6.78. The molecule has 6 nitrogen and oxygen atoms in total. The molecule has 0 saturated heterocycles. The molecule has 0 aliphatic carbocycles. The Morgan fingerprint density at radius 2 is 1.43 bits per heavy atom. The van der Waals surface area contributed by atoms with Gasteiger partial charge in [0.2, 0.25) is 0 Å². The standard InChI is InChI=1S/C36H46O6/c1-5-8-9-13-19-30(7-3)41-36(38)32-21-14-15-22-33(32)42-35(37)28-23-24-31(27-17-11-10-12-18-27)34(26-28)40-25-16-20-29(6-2)39-4/h10-12,14-15,17-18,21-24,26,29-30H,5-9,13,16,19-20,25H2,1-4H3/t29?,30-/m0/s1. The van der Waals surface area contributed by atoms with Crippen LogP contribution in [-0.4, -0.2) is 37.9 Å². The summed E-state index contributed by atoms with van der Waals surface area (Å²) < 4.78 is 23.2. The number of benzene rings is 3. The quantitative estimate of drug-likeness (QED) is 0.0857. The maximum Gasteiger partial charge on any atom is 0.343 e. The van der Waals surface area contributed by atoms with Gasteiger partial charge in [0.05, 0.1) is 18.3 Å². The summed E-state index contributed by atoms with van der Waals surface area (Å²) in [7, 11) is 1.73. The molecule has 2 atom stereocenters. The minimum Gasteiger partial charge on any atom is -0.493 e. The molecule has 6 heteroatoms. The molecule has 0 radical (unpaired) electrons. The minimum atomic E-state index is -0.572. The Hall–Kier alpha value is -3.64. The lowest BCUT2D eigenvalue weighted by Gasteiger charge is -2.17. The molecule has 0 aromatic heterocycles. The van der Waals surface area contributed by atoms with E-state index in [1.807, 2.05) is 43.3 Å². The molecule has 0 heterocycles. The van der Waals surface area contributed by atoms with Crippen molar-refractivity contribution in [2.75, 3.05) is 13.7 Å². The molecule has 42 heavy (non-hydrogen) atoms. The van der Waals surface area contributed by atoms with Gasteiger partial charge in [-0.2, -0.15) is 0 Å². The Morgan fingerprint density at radius 3 is 2.14 bits per heavy atom. The normalized spacial score (nSPS) is 12.4. The number of hydrogen-bond acceptors (Lipinski definition) is 6. The van der Waals surface area contributed by atoms with Gasteiger partial charge in [0, 0.05) is 12.7 Å². The SMILES string of the molecule is CCCCCC[C@H](CC)OC(=O)c1ccccc1OC(=O)c1ccc(-c2ccccc2)c(OCCCC(CC)OC)c1. The zero-order chi connectivity index (χ0) is 30.2. The number of esters is 2. The first-order valence-electron chi connectivity index (χ1n) is 15.4. The van der Waals surface area contributed by atoms with Gasteiger partial charge in [0.15, 0.2) is 0 Å². The molecule has 226 valence electrons. The number of methoxy groups -OCH3 is 1. The van der Waals surface area contributed by atoms with Gasteiger partial charge in [0.1, 0.15) is 23.2 Å². The number of para-hydroxylation sites is 1. The lowest BCUT2D eigenvalue weighted by molar-refractivity contribution is 0.0263. The molecular formula is C36H46O6. The monoisotopic (exact) mass is 574 g/mol. The van der Waals surface area contributed by atoms with E-state index in [9.17, 15) is 9.59 Å². The third-order valence-electron chi connectivity index (χ3n) is 7.44. The van der Waals surface area contributed by atoms with Crippen LogP contribution in [0.25, 0.3) is 11.1 Å². The highest BCUT2D eigenvalue weighted by atomic mass is 16.6. The number of ether oxygens (including phenoxy) is 4. The van der Waals surface area contributed by atoms with Crippen molar-refractivity contribution in [2.45, 2.75) is 90.8 Å². The number of hydrogen-bond donors (Lipinski definition) is 0. The van der Waals surface area contributed by atoms with Gasteiger partial charge in [-0.25, -0.2) is 9.59 Å². The molecular weight excluding hydrogens is 528 g/mol. The van der Waals surface area contributed by atoms with Gasteiger partial charge < -0.3 is 18.9 Å². The van der Waals surface area contributed by atoms with E-state index in [2.05, 4.69) is 13.8 Å². The second kappa shape index (κ2) is 18.0. The first-order chi connectivity index (χ1) is 20.5. The maximum absolute atomic E-state index is 13.3. The number of rotatable bonds is 18. The van der Waals surface area contributed by atoms with Gasteiger partial charge in [-0.1, -0.05) is 82.5 Å². The molecule has 3 aromatic carbocycles. The topological polar surface area (TPSA) is 71.1 Å². The Bertz CT molecular complexity index is 1230. The molecule has 0 spiro atoms. The van der Waals surface area contributed by atoms with Crippen LogP contribution in [0.15, 0.2) is 72.8 Å². The lowest BCUT2D eigenvalue weighted by Crippen LogP contribution is -2.19. The van der Waals surface area contributed by atoms with Crippen LogP contribution in [0.2, 0.25) is 0 Å². The summed E-state index contributed by atoms with van der Waals surface area (Å²) in [4.78, 5) is 26.4. The second-order valence-corrected chi connectivity index (χ2v) is 10.5. The Balaban J connectivity index is 1.75. The smallest absolute Gasteiger partial charge is 0.343 e. The zero-order valence-electron chi connectivity index (χ0n) is 25.6. The van der Waals surface area contributed by atoms with Gasteiger partial charge in [-0.15, -0.1) is 0 Å². The molecule has 3 rings (SSSR count). The van der Waals surface area contributed by atoms with E-state index in [1.165, 1.54) is 6.42 Å². The summed E-state index contributed by atoms with van der Waals surface area (Å²) in [6.07, 6.45) is 8.73. The highest BCUT2D eigenvalue weighted by Crippen LogP contribution is 2.32. The highest BCUT2D eigenvalue weighted by Gasteiger charge is 2.21. The molecule has 0 fully saturated rings. The molecule has 0 aliphatic rings. The van der Waals surface area contributed by atoms with Gasteiger partial charge in [0.25, 0.3) is 0 Å². The molecule has 0 bridgehead atoms. The highest BCUT2D eigenvalue weighted by molar-refractivity contribution is 5.97. The number of carbonyl (C=O) groups excluding carboxylic acids is 2. The van der Waals surface area contributed by atoms with Gasteiger partial charge >= 0.3 is 11.9 Å². The van der Waals surface area contributed by atoms with E-state index in [0.717, 1.165) is 62.5 Å². The van der Waals surface area contributed by atoms with Crippen molar-refractivity contribution in [3.63, 3.8) is 0 Å².